The summed E-state index contributed by atoms with van der Waals surface area (Å²) < 4.78 is 2.28. The molecular weight excluding hydrogens is 189 g/mol. The number of nitrogens with zero attached hydrogens (tertiary/aromatic N) is 1. The normalized spacial score (nSPS) is 9.73. The lowest BCUT2D eigenvalue weighted by molar-refractivity contribution is -0.697. The molecular formula is C13H22FN. The van der Waals surface area contributed by atoms with Gasteiger partial charge in [0.2, 0.25) is 0 Å². The highest BCUT2D eigenvalue weighted by Gasteiger charge is 1.99. The van der Waals surface area contributed by atoms with Gasteiger partial charge >= 0.3 is 0 Å². The summed E-state index contributed by atoms with van der Waals surface area (Å²) in [5.74, 6) is 0. The second kappa shape index (κ2) is 8.39. The molecule has 0 unspecified atom stereocenters. The summed E-state index contributed by atoms with van der Waals surface area (Å²) in [6, 6.07) is 4.51. The van der Waals surface area contributed by atoms with Gasteiger partial charge in [-0.15, -0.1) is 0 Å². The number of pyridine rings is 1. The highest BCUT2D eigenvalue weighted by molar-refractivity contribution is 5.06. The van der Waals surface area contributed by atoms with Gasteiger partial charge in [-0.3, -0.25) is 0 Å². The van der Waals surface area contributed by atoms with E-state index in [0.29, 0.717) is 0 Å². The number of aryl methyl sites for hydroxylation is 2. The number of hydrogen-bond acceptors (Lipinski definition) is 0. The van der Waals surface area contributed by atoms with Crippen LogP contribution >= 0.6 is 0 Å². The Balaban J connectivity index is 0.00000196. The molecule has 0 atom stereocenters. The molecule has 1 rings (SSSR count). The van der Waals surface area contributed by atoms with Crippen LogP contribution in [0.4, 0.5) is 0 Å². The van der Waals surface area contributed by atoms with Crippen LogP contribution in [-0.4, -0.2) is 0 Å². The van der Waals surface area contributed by atoms with Gasteiger partial charge in [0.15, 0.2) is 12.4 Å². The van der Waals surface area contributed by atoms with Crippen LogP contribution in [-0.2, 0) is 13.0 Å². The minimum Gasteiger partial charge on any atom is -1.00 e. The second-order valence-electron chi connectivity index (χ2n) is 3.90. The quantitative estimate of drug-likeness (QED) is 0.589. The molecule has 2 heteroatoms. The zero-order valence-electron chi connectivity index (χ0n) is 9.88. The molecule has 0 radical (unpaired) electrons. The fraction of sp³-hybridized carbons (Fsp3) is 0.615. The summed E-state index contributed by atoms with van der Waals surface area (Å²) in [4.78, 5) is 0. The van der Waals surface area contributed by atoms with Crippen molar-refractivity contribution in [2.45, 2.75) is 52.5 Å². The molecule has 0 N–H and O–H groups in total. The first-order valence-electron chi connectivity index (χ1n) is 5.84. The SMILES string of the molecule is CCCCc1cc[n+](CCCC)cc1.[F-]. The first-order valence-corrected chi connectivity index (χ1v) is 5.84. The summed E-state index contributed by atoms with van der Waals surface area (Å²) in [5, 5.41) is 0. The van der Waals surface area contributed by atoms with Gasteiger partial charge < -0.3 is 4.70 Å². The number of hydrogen-bond donors (Lipinski definition) is 0. The van der Waals surface area contributed by atoms with Gasteiger partial charge in [-0.1, -0.05) is 26.7 Å². The summed E-state index contributed by atoms with van der Waals surface area (Å²) in [5.41, 5.74) is 1.47. The molecule has 1 nitrogen and oxygen atoms in total. The Morgan fingerprint density at radius 2 is 1.60 bits per heavy atom. The molecule has 0 aliphatic carbocycles. The first-order chi connectivity index (χ1) is 6.86. The minimum atomic E-state index is 0. The van der Waals surface area contributed by atoms with Crippen molar-refractivity contribution in [3.05, 3.63) is 30.1 Å². The van der Waals surface area contributed by atoms with Gasteiger partial charge in [0.25, 0.3) is 0 Å². The van der Waals surface area contributed by atoms with E-state index in [-0.39, 0.29) is 4.70 Å². The van der Waals surface area contributed by atoms with Crippen LogP contribution in [0.25, 0.3) is 0 Å². The molecule has 0 fully saturated rings. The van der Waals surface area contributed by atoms with Crippen LogP contribution in [0.1, 0.15) is 45.1 Å². The number of rotatable bonds is 6. The fourth-order valence-corrected chi connectivity index (χ4v) is 1.53. The van der Waals surface area contributed by atoms with Crippen LogP contribution in [0.5, 0.6) is 0 Å². The third-order valence-corrected chi connectivity index (χ3v) is 2.55. The maximum Gasteiger partial charge on any atom is 0.169 e. The lowest BCUT2D eigenvalue weighted by Crippen LogP contribution is -3.00. The summed E-state index contributed by atoms with van der Waals surface area (Å²) in [6.07, 6.45) is 10.8. The first kappa shape index (κ1) is 14.1. The zero-order valence-corrected chi connectivity index (χ0v) is 9.88. The van der Waals surface area contributed by atoms with Crippen molar-refractivity contribution in [1.29, 1.82) is 0 Å². The van der Waals surface area contributed by atoms with Gasteiger partial charge in [0, 0.05) is 18.6 Å². The molecule has 1 aromatic rings. The number of aromatic nitrogens is 1. The monoisotopic (exact) mass is 211 g/mol. The Labute approximate surface area is 92.5 Å². The van der Waals surface area contributed by atoms with E-state index < -0.39 is 0 Å². The molecule has 0 aliphatic rings. The molecule has 0 aromatic carbocycles. The van der Waals surface area contributed by atoms with Crippen molar-refractivity contribution < 1.29 is 9.27 Å². The molecule has 0 amide bonds. The molecule has 15 heavy (non-hydrogen) atoms. The summed E-state index contributed by atoms with van der Waals surface area (Å²) in [7, 11) is 0. The predicted octanol–water partition coefficient (Wildman–Crippen LogP) is 0.121. The van der Waals surface area contributed by atoms with E-state index in [9.17, 15) is 0 Å². The lowest BCUT2D eigenvalue weighted by Gasteiger charge is -1.99. The Bertz CT molecular complexity index is 216. The Morgan fingerprint density at radius 1 is 1.00 bits per heavy atom. The van der Waals surface area contributed by atoms with E-state index in [1.54, 1.807) is 0 Å². The van der Waals surface area contributed by atoms with Gasteiger partial charge in [0.05, 0.1) is 0 Å². The molecule has 0 aliphatic heterocycles. The van der Waals surface area contributed by atoms with E-state index >= 15 is 0 Å². The van der Waals surface area contributed by atoms with E-state index in [1.165, 1.54) is 37.7 Å². The van der Waals surface area contributed by atoms with Crippen LogP contribution < -0.4 is 9.27 Å². The van der Waals surface area contributed by atoms with Crippen LogP contribution in [0.3, 0.4) is 0 Å². The summed E-state index contributed by atoms with van der Waals surface area (Å²) in [6.45, 7) is 5.63. The lowest BCUT2D eigenvalue weighted by atomic mass is 10.1. The Kier molecular flexibility index (Phi) is 7.88. The maximum atomic E-state index is 2.28. The topological polar surface area (TPSA) is 3.88 Å². The Morgan fingerprint density at radius 3 is 2.13 bits per heavy atom. The molecule has 1 heterocycles. The van der Waals surface area contributed by atoms with E-state index in [4.69, 9.17) is 0 Å². The standard InChI is InChI=1S/C13H22N.FH/c1-3-5-7-13-8-11-14(12-9-13)10-6-4-2;/h8-9,11-12H,3-7,10H2,1-2H3;1H/q+1;/p-1. The largest absolute Gasteiger partial charge is 1.00 e. The Hall–Kier alpha value is -0.920. The van der Waals surface area contributed by atoms with E-state index in [0.717, 1.165) is 6.54 Å². The van der Waals surface area contributed by atoms with Gasteiger partial charge in [-0.25, -0.2) is 4.57 Å². The smallest absolute Gasteiger partial charge is 0.169 e. The zero-order chi connectivity index (χ0) is 10.2. The van der Waals surface area contributed by atoms with Gasteiger partial charge in [0.1, 0.15) is 6.54 Å². The highest BCUT2D eigenvalue weighted by atomic mass is 19.0. The van der Waals surface area contributed by atoms with Crippen LogP contribution in [0.15, 0.2) is 24.5 Å². The number of halogens is 1. The van der Waals surface area contributed by atoms with Crippen molar-refractivity contribution in [2.24, 2.45) is 0 Å². The van der Waals surface area contributed by atoms with Gasteiger partial charge in [-0.05, 0) is 18.4 Å². The number of unbranched alkanes of at least 4 members (excludes halogenated alkanes) is 2. The minimum absolute atomic E-state index is 0. The van der Waals surface area contributed by atoms with Crippen LogP contribution in [0, 0.1) is 0 Å². The maximum absolute atomic E-state index is 2.28. The molecule has 0 saturated carbocycles. The van der Waals surface area contributed by atoms with Crippen molar-refractivity contribution in [1.82, 2.24) is 0 Å². The summed E-state index contributed by atoms with van der Waals surface area (Å²) >= 11 is 0. The fourth-order valence-electron chi connectivity index (χ4n) is 1.53. The molecule has 86 valence electrons. The third kappa shape index (κ3) is 5.50. The average Bonchev–Trinajstić information content (AvgIpc) is 2.25. The van der Waals surface area contributed by atoms with Crippen molar-refractivity contribution in [2.75, 3.05) is 0 Å². The highest BCUT2D eigenvalue weighted by Crippen LogP contribution is 2.02. The third-order valence-electron chi connectivity index (χ3n) is 2.55. The average molecular weight is 211 g/mol. The molecule has 1 aromatic heterocycles. The second-order valence-corrected chi connectivity index (χ2v) is 3.90. The molecule has 0 bridgehead atoms. The van der Waals surface area contributed by atoms with E-state index in [2.05, 4.69) is 42.9 Å². The van der Waals surface area contributed by atoms with Crippen molar-refractivity contribution >= 4 is 0 Å². The van der Waals surface area contributed by atoms with Gasteiger partial charge in [-0.2, -0.15) is 0 Å². The van der Waals surface area contributed by atoms with Crippen LogP contribution in [0.2, 0.25) is 0 Å². The molecule has 0 spiro atoms. The van der Waals surface area contributed by atoms with Crippen molar-refractivity contribution in [3.63, 3.8) is 0 Å². The van der Waals surface area contributed by atoms with E-state index in [1.807, 2.05) is 0 Å². The van der Waals surface area contributed by atoms with Crippen molar-refractivity contribution in [3.8, 4) is 0 Å². The predicted molar refractivity (Wildman–Crippen MR) is 60.2 cm³/mol. The molecule has 0 saturated heterocycles.